The predicted molar refractivity (Wildman–Crippen MR) is 68.1 cm³/mol. The zero-order valence-corrected chi connectivity index (χ0v) is 10.9. The van der Waals surface area contributed by atoms with Gasteiger partial charge in [0.05, 0.1) is 19.6 Å². The fraction of sp³-hybridized carbons (Fsp3) is 0.462. The van der Waals surface area contributed by atoms with Gasteiger partial charge in [-0.15, -0.1) is 11.6 Å². The van der Waals surface area contributed by atoms with Crippen LogP contribution in [0.2, 0.25) is 0 Å². The number of carbonyl (C=O) groups is 1. The van der Waals surface area contributed by atoms with Crippen LogP contribution in [0.4, 0.5) is 0 Å². The van der Waals surface area contributed by atoms with Crippen molar-refractivity contribution in [2.45, 2.75) is 24.6 Å². The summed E-state index contributed by atoms with van der Waals surface area (Å²) in [5.41, 5.74) is 0.931. The molecule has 4 heteroatoms. The molecule has 0 spiro atoms. The van der Waals surface area contributed by atoms with E-state index in [0.29, 0.717) is 6.42 Å². The molecule has 0 heterocycles. The van der Waals surface area contributed by atoms with Gasteiger partial charge in [0.25, 0.3) is 0 Å². The Kier molecular flexibility index (Phi) is 5.84. The van der Waals surface area contributed by atoms with E-state index in [9.17, 15) is 4.79 Å². The standard InChI is InChI=1S/C13H17ClO3/c1-16-10-6-7-11(13(9-10)17-2)12(14)5-3-4-8-15/h6-9,12H,3-5H2,1-2H3. The van der Waals surface area contributed by atoms with Gasteiger partial charge in [-0.1, -0.05) is 6.07 Å². The van der Waals surface area contributed by atoms with Gasteiger partial charge in [0.15, 0.2) is 0 Å². The lowest BCUT2D eigenvalue weighted by molar-refractivity contribution is -0.107. The Morgan fingerprint density at radius 2 is 2.12 bits per heavy atom. The molecule has 0 amide bonds. The second-order valence-electron chi connectivity index (χ2n) is 3.67. The first kappa shape index (κ1) is 13.8. The Bertz CT molecular complexity index is 366. The van der Waals surface area contributed by atoms with Crippen LogP contribution in [0.5, 0.6) is 11.5 Å². The van der Waals surface area contributed by atoms with Gasteiger partial charge in [0.2, 0.25) is 0 Å². The number of methoxy groups -OCH3 is 2. The number of halogens is 1. The topological polar surface area (TPSA) is 35.5 Å². The van der Waals surface area contributed by atoms with E-state index in [1.165, 1.54) is 0 Å². The van der Waals surface area contributed by atoms with Gasteiger partial charge in [-0.05, 0) is 18.9 Å². The Labute approximate surface area is 107 Å². The lowest BCUT2D eigenvalue weighted by atomic mass is 10.1. The number of hydrogen-bond donors (Lipinski definition) is 0. The first-order valence-corrected chi connectivity index (χ1v) is 5.96. The molecule has 1 atom stereocenters. The summed E-state index contributed by atoms with van der Waals surface area (Å²) in [7, 11) is 3.21. The van der Waals surface area contributed by atoms with Crippen LogP contribution < -0.4 is 9.47 Å². The van der Waals surface area contributed by atoms with E-state index in [-0.39, 0.29) is 5.38 Å². The van der Waals surface area contributed by atoms with Crippen LogP contribution in [0.25, 0.3) is 0 Å². The second kappa shape index (κ2) is 7.17. The Balaban J connectivity index is 2.77. The monoisotopic (exact) mass is 256 g/mol. The van der Waals surface area contributed by atoms with E-state index >= 15 is 0 Å². The molecule has 0 saturated heterocycles. The van der Waals surface area contributed by atoms with Crippen LogP contribution in [-0.2, 0) is 4.79 Å². The fourth-order valence-electron chi connectivity index (χ4n) is 1.61. The van der Waals surface area contributed by atoms with Gasteiger partial charge in [-0.2, -0.15) is 0 Å². The molecular weight excluding hydrogens is 240 g/mol. The molecule has 1 rings (SSSR count). The Morgan fingerprint density at radius 3 is 2.71 bits per heavy atom. The Morgan fingerprint density at radius 1 is 1.35 bits per heavy atom. The van der Waals surface area contributed by atoms with Crippen molar-refractivity contribution >= 4 is 17.9 Å². The van der Waals surface area contributed by atoms with Crippen molar-refractivity contribution in [1.29, 1.82) is 0 Å². The quantitative estimate of drug-likeness (QED) is 0.426. The molecule has 1 aromatic carbocycles. The van der Waals surface area contributed by atoms with E-state index in [2.05, 4.69) is 0 Å². The molecule has 0 aliphatic rings. The maximum absolute atomic E-state index is 10.2. The highest BCUT2D eigenvalue weighted by atomic mass is 35.5. The Hall–Kier alpha value is -1.22. The first-order valence-electron chi connectivity index (χ1n) is 5.52. The zero-order chi connectivity index (χ0) is 12.7. The van der Waals surface area contributed by atoms with Crippen molar-refractivity contribution in [3.05, 3.63) is 23.8 Å². The van der Waals surface area contributed by atoms with Crippen molar-refractivity contribution in [2.75, 3.05) is 14.2 Å². The number of alkyl halides is 1. The molecule has 0 N–H and O–H groups in total. The minimum absolute atomic E-state index is 0.143. The molecule has 0 fully saturated rings. The average Bonchev–Trinajstić information content (AvgIpc) is 2.38. The molecule has 17 heavy (non-hydrogen) atoms. The molecular formula is C13H17ClO3. The molecule has 0 bridgehead atoms. The number of ether oxygens (including phenoxy) is 2. The minimum atomic E-state index is -0.143. The van der Waals surface area contributed by atoms with Crippen LogP contribution in [-0.4, -0.2) is 20.5 Å². The number of unbranched alkanes of at least 4 members (excludes halogenated alkanes) is 1. The molecule has 94 valence electrons. The molecule has 0 aromatic heterocycles. The highest BCUT2D eigenvalue weighted by molar-refractivity contribution is 6.21. The van der Waals surface area contributed by atoms with Gasteiger partial charge < -0.3 is 14.3 Å². The number of hydrogen-bond acceptors (Lipinski definition) is 3. The summed E-state index contributed by atoms with van der Waals surface area (Å²) in [6.45, 7) is 0. The van der Waals surface area contributed by atoms with Crippen molar-refractivity contribution in [2.24, 2.45) is 0 Å². The highest BCUT2D eigenvalue weighted by Crippen LogP contribution is 2.35. The first-order chi connectivity index (χ1) is 8.22. The van der Waals surface area contributed by atoms with E-state index < -0.39 is 0 Å². The van der Waals surface area contributed by atoms with Gasteiger partial charge in [-0.3, -0.25) is 0 Å². The SMILES string of the molecule is COc1ccc(C(Cl)CCCC=O)c(OC)c1. The number of rotatable bonds is 7. The third kappa shape index (κ3) is 3.93. The molecule has 0 aliphatic heterocycles. The third-order valence-electron chi connectivity index (χ3n) is 2.56. The summed E-state index contributed by atoms with van der Waals surface area (Å²) in [5, 5.41) is -0.143. The molecule has 1 unspecified atom stereocenters. The van der Waals surface area contributed by atoms with Gasteiger partial charge in [0, 0.05) is 18.1 Å². The lowest BCUT2D eigenvalue weighted by Gasteiger charge is -2.14. The largest absolute Gasteiger partial charge is 0.497 e. The maximum Gasteiger partial charge on any atom is 0.127 e. The molecule has 0 radical (unpaired) electrons. The van der Waals surface area contributed by atoms with Crippen LogP contribution in [0, 0.1) is 0 Å². The van der Waals surface area contributed by atoms with Gasteiger partial charge in [-0.25, -0.2) is 0 Å². The smallest absolute Gasteiger partial charge is 0.127 e. The summed E-state index contributed by atoms with van der Waals surface area (Å²) in [5.74, 6) is 1.46. The van der Waals surface area contributed by atoms with Gasteiger partial charge in [0.1, 0.15) is 17.8 Å². The molecule has 1 aromatic rings. The average molecular weight is 257 g/mol. The second-order valence-corrected chi connectivity index (χ2v) is 4.20. The summed E-state index contributed by atoms with van der Waals surface area (Å²) >= 11 is 6.28. The minimum Gasteiger partial charge on any atom is -0.497 e. The summed E-state index contributed by atoms with van der Waals surface area (Å²) < 4.78 is 10.4. The van der Waals surface area contributed by atoms with E-state index in [0.717, 1.165) is 36.2 Å². The predicted octanol–water partition coefficient (Wildman–Crippen LogP) is 3.35. The van der Waals surface area contributed by atoms with Crippen molar-refractivity contribution < 1.29 is 14.3 Å². The van der Waals surface area contributed by atoms with E-state index in [1.807, 2.05) is 18.2 Å². The van der Waals surface area contributed by atoms with Crippen LogP contribution >= 0.6 is 11.6 Å². The normalized spacial score (nSPS) is 11.9. The number of carbonyl (C=O) groups excluding carboxylic acids is 1. The maximum atomic E-state index is 10.2. The van der Waals surface area contributed by atoms with Crippen molar-refractivity contribution in [1.82, 2.24) is 0 Å². The highest BCUT2D eigenvalue weighted by Gasteiger charge is 2.13. The molecule has 0 aliphatic carbocycles. The summed E-state index contributed by atoms with van der Waals surface area (Å²) in [6.07, 6.45) is 2.99. The van der Waals surface area contributed by atoms with Crippen LogP contribution in [0.1, 0.15) is 30.2 Å². The summed E-state index contributed by atoms with van der Waals surface area (Å²) in [4.78, 5) is 10.2. The van der Waals surface area contributed by atoms with E-state index in [4.69, 9.17) is 21.1 Å². The third-order valence-corrected chi connectivity index (χ3v) is 3.01. The zero-order valence-electron chi connectivity index (χ0n) is 10.1. The van der Waals surface area contributed by atoms with Crippen molar-refractivity contribution in [3.8, 4) is 11.5 Å². The summed E-state index contributed by atoms with van der Waals surface area (Å²) in [6, 6.07) is 5.56. The fourth-order valence-corrected chi connectivity index (χ4v) is 1.95. The van der Waals surface area contributed by atoms with Crippen LogP contribution in [0.15, 0.2) is 18.2 Å². The van der Waals surface area contributed by atoms with E-state index in [1.54, 1.807) is 14.2 Å². The van der Waals surface area contributed by atoms with Crippen molar-refractivity contribution in [3.63, 3.8) is 0 Å². The number of aldehydes is 1. The van der Waals surface area contributed by atoms with Crippen LogP contribution in [0.3, 0.4) is 0 Å². The lowest BCUT2D eigenvalue weighted by Crippen LogP contribution is -1.97. The number of benzene rings is 1. The molecule has 0 saturated carbocycles. The van der Waals surface area contributed by atoms with Gasteiger partial charge >= 0.3 is 0 Å². The molecule has 3 nitrogen and oxygen atoms in total.